The van der Waals surface area contributed by atoms with Crippen LogP contribution in [0.15, 0.2) is 41.2 Å². The Balaban J connectivity index is 1.21. The number of carbonyl (C=O) groups excluding carboxylic acids is 3. The number of hydrogen-bond donors (Lipinski definition) is 1. The maximum atomic E-state index is 14.7. The van der Waals surface area contributed by atoms with E-state index in [0.717, 1.165) is 31.9 Å². The van der Waals surface area contributed by atoms with E-state index in [1.807, 2.05) is 4.90 Å². The molecular formula is C23H28FN7O3. The Hall–Kier alpha value is -3.37. The van der Waals surface area contributed by atoms with Crippen LogP contribution in [0.25, 0.3) is 0 Å². The Morgan fingerprint density at radius 2 is 1.71 bits per heavy atom. The van der Waals surface area contributed by atoms with Gasteiger partial charge < -0.3 is 15.1 Å². The highest BCUT2D eigenvalue weighted by Gasteiger charge is 2.44. The average molecular weight is 470 g/mol. The molecule has 2 unspecified atom stereocenters. The fraction of sp³-hybridized carbons (Fsp3) is 0.565. The molecule has 4 aliphatic rings. The van der Waals surface area contributed by atoms with Crippen molar-refractivity contribution in [1.29, 1.82) is 0 Å². The predicted octanol–water partition coefficient (Wildman–Crippen LogP) is 1.03. The molecular weight excluding hydrogens is 441 g/mol. The molecule has 10 nitrogen and oxygen atoms in total. The Kier molecular flexibility index (Phi) is 6.25. The number of nitrogens with one attached hydrogen (secondary N) is 1. The first-order valence-electron chi connectivity index (χ1n) is 11.9. The van der Waals surface area contributed by atoms with Gasteiger partial charge in [-0.25, -0.2) is 14.1 Å². The SMILES string of the molecule is O=C(C(=O)N1CCN(C(=O)C2CCCCCC2)CC1)C1=CNC2C(n3ccnn3)=NC=C(F)C12. The topological polar surface area (TPSA) is 113 Å². The second-order valence-corrected chi connectivity index (χ2v) is 9.21. The molecule has 2 fully saturated rings. The minimum absolute atomic E-state index is 0.0632. The molecule has 1 saturated carbocycles. The lowest BCUT2D eigenvalue weighted by Crippen LogP contribution is -2.53. The van der Waals surface area contributed by atoms with Crippen LogP contribution in [0.5, 0.6) is 0 Å². The van der Waals surface area contributed by atoms with Gasteiger partial charge in [0, 0.05) is 43.9 Å². The predicted molar refractivity (Wildman–Crippen MR) is 120 cm³/mol. The van der Waals surface area contributed by atoms with Gasteiger partial charge in [0.05, 0.1) is 30.6 Å². The van der Waals surface area contributed by atoms with E-state index in [9.17, 15) is 18.8 Å². The Labute approximate surface area is 196 Å². The lowest BCUT2D eigenvalue weighted by molar-refractivity contribution is -0.147. The van der Waals surface area contributed by atoms with Crippen LogP contribution in [0, 0.1) is 11.8 Å². The van der Waals surface area contributed by atoms with Crippen molar-refractivity contribution in [3.8, 4) is 0 Å². The first-order chi connectivity index (χ1) is 16.5. The van der Waals surface area contributed by atoms with Gasteiger partial charge in [-0.15, -0.1) is 5.10 Å². The second-order valence-electron chi connectivity index (χ2n) is 9.21. The number of fused-ring (bicyclic) bond motifs is 1. The van der Waals surface area contributed by atoms with Gasteiger partial charge in [-0.3, -0.25) is 14.4 Å². The molecule has 34 heavy (non-hydrogen) atoms. The number of aromatic nitrogens is 3. The van der Waals surface area contributed by atoms with E-state index in [1.165, 1.54) is 34.8 Å². The number of ketones is 1. The van der Waals surface area contributed by atoms with Crippen molar-refractivity contribution in [2.75, 3.05) is 26.2 Å². The van der Waals surface area contributed by atoms with Gasteiger partial charge in [0.1, 0.15) is 5.83 Å². The van der Waals surface area contributed by atoms with Gasteiger partial charge in [-0.1, -0.05) is 30.9 Å². The quantitative estimate of drug-likeness (QED) is 0.523. The number of rotatable bonds is 3. The van der Waals surface area contributed by atoms with E-state index < -0.39 is 29.5 Å². The molecule has 0 radical (unpaired) electrons. The summed E-state index contributed by atoms with van der Waals surface area (Å²) in [5.74, 6) is -2.34. The van der Waals surface area contributed by atoms with Crippen LogP contribution < -0.4 is 5.32 Å². The van der Waals surface area contributed by atoms with Gasteiger partial charge in [0.2, 0.25) is 11.7 Å². The van der Waals surface area contributed by atoms with Gasteiger partial charge in [0.15, 0.2) is 5.84 Å². The van der Waals surface area contributed by atoms with Crippen molar-refractivity contribution < 1.29 is 18.8 Å². The molecule has 1 aromatic rings. The molecule has 1 saturated heterocycles. The summed E-state index contributed by atoms with van der Waals surface area (Å²) in [4.78, 5) is 46.4. The maximum Gasteiger partial charge on any atom is 0.294 e. The summed E-state index contributed by atoms with van der Waals surface area (Å²) >= 11 is 0. The zero-order valence-corrected chi connectivity index (χ0v) is 18.9. The summed E-state index contributed by atoms with van der Waals surface area (Å²) in [6, 6.07) is -0.660. The van der Waals surface area contributed by atoms with Gasteiger partial charge >= 0.3 is 0 Å². The molecule has 180 valence electrons. The highest BCUT2D eigenvalue weighted by atomic mass is 19.1. The number of amides is 2. The molecule has 1 aromatic heterocycles. The fourth-order valence-electron chi connectivity index (χ4n) is 5.29. The number of halogens is 1. The highest BCUT2D eigenvalue weighted by molar-refractivity contribution is 6.43. The van der Waals surface area contributed by atoms with E-state index in [-0.39, 0.29) is 17.4 Å². The van der Waals surface area contributed by atoms with Crippen LogP contribution in [-0.2, 0) is 14.4 Å². The molecule has 5 rings (SSSR count). The van der Waals surface area contributed by atoms with Crippen LogP contribution in [-0.4, -0.2) is 80.4 Å². The lowest BCUT2D eigenvalue weighted by Gasteiger charge is -2.36. The number of aliphatic imine (C=N–C) groups is 1. The van der Waals surface area contributed by atoms with E-state index >= 15 is 0 Å². The molecule has 1 N–H and O–H groups in total. The number of hydrogen-bond acceptors (Lipinski definition) is 7. The Morgan fingerprint density at radius 1 is 1.00 bits per heavy atom. The number of nitrogens with zero attached hydrogens (tertiary/aromatic N) is 6. The van der Waals surface area contributed by atoms with E-state index in [1.54, 1.807) is 6.20 Å². The molecule has 2 atom stereocenters. The third-order valence-corrected chi connectivity index (χ3v) is 7.18. The third-order valence-electron chi connectivity index (χ3n) is 7.18. The van der Waals surface area contributed by atoms with Crippen molar-refractivity contribution in [1.82, 2.24) is 30.1 Å². The summed E-state index contributed by atoms with van der Waals surface area (Å²) in [5, 5.41) is 10.6. The zero-order chi connectivity index (χ0) is 23.7. The van der Waals surface area contributed by atoms with Crippen molar-refractivity contribution in [3.05, 3.63) is 36.2 Å². The largest absolute Gasteiger partial charge is 0.380 e. The highest BCUT2D eigenvalue weighted by Crippen LogP contribution is 2.34. The van der Waals surface area contributed by atoms with Crippen molar-refractivity contribution >= 4 is 23.4 Å². The summed E-state index contributed by atoms with van der Waals surface area (Å²) < 4.78 is 16.1. The van der Waals surface area contributed by atoms with Gasteiger partial charge in [0.25, 0.3) is 5.91 Å². The van der Waals surface area contributed by atoms with Crippen LogP contribution in [0.3, 0.4) is 0 Å². The molecule has 4 heterocycles. The molecule has 0 bridgehead atoms. The van der Waals surface area contributed by atoms with Crippen molar-refractivity contribution in [3.63, 3.8) is 0 Å². The third kappa shape index (κ3) is 4.14. The zero-order valence-electron chi connectivity index (χ0n) is 18.9. The van der Waals surface area contributed by atoms with E-state index in [2.05, 4.69) is 20.6 Å². The van der Waals surface area contributed by atoms with Crippen LogP contribution in [0.1, 0.15) is 38.5 Å². The number of carbonyl (C=O) groups is 3. The average Bonchev–Trinajstić information content (AvgIpc) is 3.48. The van der Waals surface area contributed by atoms with Crippen LogP contribution >= 0.6 is 0 Å². The fourth-order valence-corrected chi connectivity index (χ4v) is 5.29. The maximum absolute atomic E-state index is 14.7. The lowest BCUT2D eigenvalue weighted by atomic mass is 9.88. The molecule has 3 aliphatic heterocycles. The summed E-state index contributed by atoms with van der Waals surface area (Å²) in [6.07, 6.45) is 11.9. The molecule has 11 heteroatoms. The van der Waals surface area contributed by atoms with Crippen molar-refractivity contribution in [2.45, 2.75) is 44.6 Å². The van der Waals surface area contributed by atoms with Crippen LogP contribution in [0.4, 0.5) is 4.39 Å². The van der Waals surface area contributed by atoms with Crippen molar-refractivity contribution in [2.24, 2.45) is 16.8 Å². The van der Waals surface area contributed by atoms with Gasteiger partial charge in [-0.2, -0.15) is 0 Å². The second kappa shape index (κ2) is 9.47. The summed E-state index contributed by atoms with van der Waals surface area (Å²) in [7, 11) is 0. The first-order valence-corrected chi connectivity index (χ1v) is 11.9. The number of piperazine rings is 1. The first kappa shape index (κ1) is 22.4. The van der Waals surface area contributed by atoms with E-state index in [4.69, 9.17) is 0 Å². The minimum atomic E-state index is -0.953. The number of Topliss-reactive ketones (excluding diaryl/α,β-unsaturated/α-hetero) is 1. The van der Waals surface area contributed by atoms with Gasteiger partial charge in [-0.05, 0) is 12.8 Å². The summed E-state index contributed by atoms with van der Waals surface area (Å²) in [6.45, 7) is 1.41. The monoisotopic (exact) mass is 469 g/mol. The van der Waals surface area contributed by atoms with E-state index in [0.29, 0.717) is 32.0 Å². The smallest absolute Gasteiger partial charge is 0.294 e. The molecule has 1 aliphatic carbocycles. The normalized spacial score (nSPS) is 25.5. The molecule has 2 amide bonds. The summed E-state index contributed by atoms with van der Waals surface area (Å²) in [5.41, 5.74) is 0.0632. The molecule has 0 aromatic carbocycles. The van der Waals surface area contributed by atoms with Crippen LogP contribution in [0.2, 0.25) is 0 Å². The molecule has 0 spiro atoms. The Morgan fingerprint density at radius 3 is 2.38 bits per heavy atom. The minimum Gasteiger partial charge on any atom is -0.380 e. The standard InChI is InChI=1S/C23H28FN7O3/c24-17-14-26-21(31-8-7-27-28-31)19-18(17)16(13-25-19)20(32)23(34)30-11-9-29(10-12-30)22(33)15-5-3-1-2-4-6-15/h7-8,13-15,18-19,25H,1-6,9-12H2. The Bertz CT molecular complexity index is 1050.